The lowest BCUT2D eigenvalue weighted by atomic mass is 9.96. The smallest absolute Gasteiger partial charge is 0.307 e. The van der Waals surface area contributed by atoms with Crippen LogP contribution < -0.4 is 0 Å². The topological polar surface area (TPSA) is 74.6 Å². The van der Waals surface area contributed by atoms with Crippen LogP contribution in [0.5, 0.6) is 5.75 Å². The van der Waals surface area contributed by atoms with Gasteiger partial charge in [-0.15, -0.1) is 11.3 Å². The van der Waals surface area contributed by atoms with Gasteiger partial charge in [-0.05, 0) is 41.7 Å². The Balaban J connectivity index is 0.000000771. The van der Waals surface area contributed by atoms with Crippen LogP contribution in [0, 0.1) is 5.92 Å². The summed E-state index contributed by atoms with van der Waals surface area (Å²) in [5, 5.41) is 20.0. The minimum atomic E-state index is -0.747. The van der Waals surface area contributed by atoms with Gasteiger partial charge in [0.15, 0.2) is 0 Å². The van der Waals surface area contributed by atoms with E-state index in [0.29, 0.717) is 16.9 Å². The molecular weight excluding hydrogens is 444 g/mol. The van der Waals surface area contributed by atoms with Gasteiger partial charge in [-0.1, -0.05) is 82.3 Å². The first-order chi connectivity index (χ1) is 16.5. The van der Waals surface area contributed by atoms with Crippen molar-refractivity contribution in [1.82, 2.24) is 0 Å². The van der Waals surface area contributed by atoms with E-state index in [2.05, 4.69) is 0 Å². The zero-order chi connectivity index (χ0) is 24.8. The molecule has 0 spiro atoms. The maximum Gasteiger partial charge on any atom is 0.307 e. The van der Waals surface area contributed by atoms with Gasteiger partial charge in [0, 0.05) is 21.2 Å². The standard InChI is InChI=1S/C25H18O4S.2C2H6/c26-17-10-11-18-21(12-17)30-24(23(27)16-4-2-1-3-5-16)22(18)15-8-6-14(7-9-15)19-13-20(19)25(28)29;2*1-2/h1-12,19-20,26H,13H2,(H,28,29);2*1-2H3. The molecule has 0 radical (unpaired) electrons. The molecule has 1 heterocycles. The Morgan fingerprint density at radius 2 is 1.53 bits per heavy atom. The maximum absolute atomic E-state index is 13.3. The summed E-state index contributed by atoms with van der Waals surface area (Å²) in [6, 6.07) is 22.2. The summed E-state index contributed by atoms with van der Waals surface area (Å²) in [4.78, 5) is 25.1. The van der Waals surface area contributed by atoms with Crippen LogP contribution in [-0.4, -0.2) is 22.0 Å². The zero-order valence-electron chi connectivity index (χ0n) is 19.9. The van der Waals surface area contributed by atoms with Crippen molar-refractivity contribution < 1.29 is 19.8 Å². The SMILES string of the molecule is CC.CC.O=C(c1ccccc1)c1sc2cc(O)ccc2c1-c1ccc(C2CC2C(=O)O)cc1. The first-order valence-corrected chi connectivity index (χ1v) is 12.5. The lowest BCUT2D eigenvalue weighted by Crippen LogP contribution is -2.00. The number of carboxylic acids is 1. The third-order valence-electron chi connectivity index (χ3n) is 5.65. The Bertz CT molecular complexity index is 1270. The van der Waals surface area contributed by atoms with Gasteiger partial charge in [-0.2, -0.15) is 0 Å². The Morgan fingerprint density at radius 3 is 2.12 bits per heavy atom. The lowest BCUT2D eigenvalue weighted by molar-refractivity contribution is -0.138. The van der Waals surface area contributed by atoms with E-state index in [1.54, 1.807) is 24.3 Å². The third kappa shape index (κ3) is 5.05. The first kappa shape index (κ1) is 25.2. The van der Waals surface area contributed by atoms with Gasteiger partial charge in [0.1, 0.15) is 5.75 Å². The van der Waals surface area contributed by atoms with Gasteiger partial charge >= 0.3 is 5.97 Å². The number of phenolic OH excluding ortho intramolecular Hbond substituents is 1. The number of rotatable bonds is 5. The van der Waals surface area contributed by atoms with E-state index in [0.717, 1.165) is 26.8 Å². The van der Waals surface area contributed by atoms with Crippen LogP contribution >= 0.6 is 11.3 Å². The number of ketones is 1. The molecule has 1 aliphatic carbocycles. The molecule has 4 aromatic rings. The molecule has 4 nitrogen and oxygen atoms in total. The summed E-state index contributed by atoms with van der Waals surface area (Å²) in [6.07, 6.45) is 0.674. The highest BCUT2D eigenvalue weighted by atomic mass is 32.1. The van der Waals surface area contributed by atoms with Crippen LogP contribution in [0.15, 0.2) is 72.8 Å². The van der Waals surface area contributed by atoms with Gasteiger partial charge in [0.05, 0.1) is 10.8 Å². The van der Waals surface area contributed by atoms with Gasteiger partial charge in [-0.3, -0.25) is 9.59 Å². The molecule has 0 aliphatic heterocycles. The van der Waals surface area contributed by atoms with Crippen molar-refractivity contribution in [2.75, 3.05) is 0 Å². The molecule has 0 amide bonds. The summed E-state index contributed by atoms with van der Waals surface area (Å²) in [5.41, 5.74) is 3.39. The van der Waals surface area contributed by atoms with Crippen molar-refractivity contribution in [3.63, 3.8) is 0 Å². The molecule has 5 rings (SSSR count). The minimum Gasteiger partial charge on any atom is -0.508 e. The van der Waals surface area contributed by atoms with Crippen molar-refractivity contribution >= 4 is 33.2 Å². The molecule has 2 N–H and O–H groups in total. The fourth-order valence-electron chi connectivity index (χ4n) is 3.99. The number of hydrogen-bond donors (Lipinski definition) is 2. The second-order valence-corrected chi connectivity index (χ2v) is 8.64. The average molecular weight is 475 g/mol. The van der Waals surface area contributed by atoms with Crippen molar-refractivity contribution in [1.29, 1.82) is 0 Å². The van der Waals surface area contributed by atoms with Gasteiger partial charge in [0.25, 0.3) is 0 Å². The van der Waals surface area contributed by atoms with Crippen molar-refractivity contribution in [3.8, 4) is 16.9 Å². The highest BCUT2D eigenvalue weighted by Gasteiger charge is 2.44. The molecule has 0 saturated heterocycles. The van der Waals surface area contributed by atoms with Crippen LogP contribution in [0.2, 0.25) is 0 Å². The van der Waals surface area contributed by atoms with E-state index >= 15 is 0 Å². The monoisotopic (exact) mass is 474 g/mol. The summed E-state index contributed by atoms with van der Waals surface area (Å²) in [6.45, 7) is 8.00. The number of thiophene rings is 1. The molecule has 1 aromatic heterocycles. The number of carbonyl (C=O) groups excluding carboxylic acids is 1. The second-order valence-electron chi connectivity index (χ2n) is 7.59. The largest absolute Gasteiger partial charge is 0.508 e. The summed E-state index contributed by atoms with van der Waals surface area (Å²) < 4.78 is 0.849. The molecule has 1 saturated carbocycles. The van der Waals surface area contributed by atoms with E-state index in [-0.39, 0.29) is 23.4 Å². The number of aliphatic carboxylic acids is 1. The minimum absolute atomic E-state index is 0.0523. The lowest BCUT2D eigenvalue weighted by Gasteiger charge is -2.07. The highest BCUT2D eigenvalue weighted by molar-refractivity contribution is 7.21. The predicted octanol–water partition coefficient (Wildman–Crippen LogP) is 7.75. The predicted molar refractivity (Wildman–Crippen MR) is 140 cm³/mol. The number of hydrogen-bond acceptors (Lipinski definition) is 4. The van der Waals surface area contributed by atoms with Crippen LogP contribution in [-0.2, 0) is 4.79 Å². The molecular formula is C29H30O4S. The molecule has 176 valence electrons. The number of aromatic hydroxyl groups is 1. The summed E-state index contributed by atoms with van der Waals surface area (Å²) in [5.74, 6) is -0.862. The first-order valence-electron chi connectivity index (χ1n) is 11.7. The molecule has 3 aromatic carbocycles. The van der Waals surface area contributed by atoms with E-state index in [1.807, 2.05) is 76.2 Å². The summed E-state index contributed by atoms with van der Waals surface area (Å²) >= 11 is 1.38. The van der Waals surface area contributed by atoms with E-state index in [9.17, 15) is 19.8 Å². The second kappa shape index (κ2) is 11.1. The number of benzene rings is 3. The quantitative estimate of drug-likeness (QED) is 0.290. The molecule has 5 heteroatoms. The molecule has 1 aliphatic rings. The van der Waals surface area contributed by atoms with E-state index in [1.165, 1.54) is 11.3 Å². The van der Waals surface area contributed by atoms with Crippen molar-refractivity contribution in [2.45, 2.75) is 40.0 Å². The van der Waals surface area contributed by atoms with Gasteiger partial charge in [-0.25, -0.2) is 0 Å². The number of carbonyl (C=O) groups is 2. The average Bonchev–Trinajstić information content (AvgIpc) is 3.61. The number of carboxylic acid groups (broad SMARTS) is 1. The molecule has 1 fully saturated rings. The highest BCUT2D eigenvalue weighted by Crippen LogP contribution is 2.48. The van der Waals surface area contributed by atoms with E-state index < -0.39 is 5.97 Å². The Kier molecular flexibility index (Phi) is 8.24. The molecule has 0 bridgehead atoms. The van der Waals surface area contributed by atoms with Gasteiger partial charge in [0.2, 0.25) is 5.78 Å². The van der Waals surface area contributed by atoms with E-state index in [4.69, 9.17) is 0 Å². The maximum atomic E-state index is 13.3. The zero-order valence-corrected chi connectivity index (χ0v) is 20.7. The molecule has 2 atom stereocenters. The molecule has 2 unspecified atom stereocenters. The summed E-state index contributed by atoms with van der Waals surface area (Å²) in [7, 11) is 0. The van der Waals surface area contributed by atoms with Gasteiger partial charge < -0.3 is 10.2 Å². The number of phenols is 1. The van der Waals surface area contributed by atoms with Crippen LogP contribution in [0.1, 0.15) is 60.8 Å². The normalized spacial score (nSPS) is 16.0. The third-order valence-corrected chi connectivity index (χ3v) is 6.80. The Hall–Kier alpha value is -3.44. The number of fused-ring (bicyclic) bond motifs is 1. The fraction of sp³-hybridized carbons (Fsp3) is 0.241. The fourth-order valence-corrected chi connectivity index (χ4v) is 5.21. The van der Waals surface area contributed by atoms with Crippen LogP contribution in [0.25, 0.3) is 21.2 Å². The van der Waals surface area contributed by atoms with Crippen molar-refractivity contribution in [3.05, 3.63) is 88.8 Å². The Morgan fingerprint density at radius 1 is 0.882 bits per heavy atom. The Labute approximate surface area is 204 Å². The van der Waals surface area contributed by atoms with Crippen molar-refractivity contribution in [2.24, 2.45) is 5.92 Å². The van der Waals surface area contributed by atoms with Crippen LogP contribution in [0.3, 0.4) is 0 Å². The molecule has 34 heavy (non-hydrogen) atoms. The van der Waals surface area contributed by atoms with Crippen LogP contribution in [0.4, 0.5) is 0 Å².